The summed E-state index contributed by atoms with van der Waals surface area (Å²) in [5.74, 6) is -2.39. The van der Waals surface area contributed by atoms with Crippen molar-refractivity contribution in [1.82, 2.24) is 0 Å². The van der Waals surface area contributed by atoms with E-state index in [0.29, 0.717) is 0 Å². The number of para-hydroxylation sites is 1. The zero-order valence-corrected chi connectivity index (χ0v) is 9.95. The van der Waals surface area contributed by atoms with Gasteiger partial charge in [0.15, 0.2) is 11.6 Å². The highest BCUT2D eigenvalue weighted by Gasteiger charge is 2.19. The number of hydrogen-bond acceptors (Lipinski definition) is 4. The molecule has 102 valence electrons. The Hall–Kier alpha value is -2.96. The second kappa shape index (κ2) is 5.35. The molecule has 0 saturated carbocycles. The van der Waals surface area contributed by atoms with Crippen LogP contribution in [0.15, 0.2) is 42.5 Å². The summed E-state index contributed by atoms with van der Waals surface area (Å²) in [5, 5.41) is 19.7. The molecule has 0 unspecified atom stereocenters. The van der Waals surface area contributed by atoms with E-state index >= 15 is 0 Å². The van der Waals surface area contributed by atoms with Crippen LogP contribution in [0.1, 0.15) is 10.4 Å². The normalized spacial score (nSPS) is 10.1. The predicted molar refractivity (Wildman–Crippen MR) is 66.5 cm³/mol. The van der Waals surface area contributed by atoms with Crippen LogP contribution in [-0.4, -0.2) is 16.0 Å². The number of benzene rings is 2. The maximum atomic E-state index is 13.4. The number of hydrogen-bond donors (Lipinski definition) is 1. The quantitative estimate of drug-likeness (QED) is 0.684. The molecule has 0 fully saturated rings. The molecule has 0 bridgehead atoms. The van der Waals surface area contributed by atoms with Crippen LogP contribution in [0, 0.1) is 15.9 Å². The third-order valence-electron chi connectivity index (χ3n) is 2.46. The first kappa shape index (κ1) is 13.5. The van der Waals surface area contributed by atoms with Crippen LogP contribution in [0.5, 0.6) is 11.5 Å². The Morgan fingerprint density at radius 2 is 1.90 bits per heavy atom. The largest absolute Gasteiger partial charge is 0.478 e. The van der Waals surface area contributed by atoms with Gasteiger partial charge in [-0.05, 0) is 24.3 Å². The standard InChI is InChI=1S/C13H8FNO5/c14-9-3-1-2-4-11(9)20-12-6-5-8(13(16)17)7-10(12)15(18)19/h1-7H,(H,16,17). The Bertz CT molecular complexity index is 686. The molecule has 2 rings (SSSR count). The van der Waals surface area contributed by atoms with E-state index in [0.717, 1.165) is 24.3 Å². The highest BCUT2D eigenvalue weighted by molar-refractivity contribution is 5.88. The van der Waals surface area contributed by atoms with E-state index in [4.69, 9.17) is 9.84 Å². The summed E-state index contributed by atoms with van der Waals surface area (Å²) in [7, 11) is 0. The zero-order valence-electron chi connectivity index (χ0n) is 9.95. The summed E-state index contributed by atoms with van der Waals surface area (Å²) in [5.41, 5.74) is -0.800. The molecule has 0 heterocycles. The van der Waals surface area contributed by atoms with Crippen LogP contribution in [-0.2, 0) is 0 Å². The van der Waals surface area contributed by atoms with E-state index < -0.39 is 22.4 Å². The minimum atomic E-state index is -1.30. The molecule has 0 aromatic heterocycles. The highest BCUT2D eigenvalue weighted by atomic mass is 19.1. The molecule has 6 nitrogen and oxygen atoms in total. The van der Waals surface area contributed by atoms with Crippen molar-refractivity contribution in [2.45, 2.75) is 0 Å². The van der Waals surface area contributed by atoms with Gasteiger partial charge < -0.3 is 9.84 Å². The molecule has 2 aromatic rings. The fourth-order valence-electron chi connectivity index (χ4n) is 1.53. The predicted octanol–water partition coefficient (Wildman–Crippen LogP) is 3.22. The summed E-state index contributed by atoms with van der Waals surface area (Å²) in [6.45, 7) is 0. The third-order valence-corrected chi connectivity index (χ3v) is 2.46. The van der Waals surface area contributed by atoms with Crippen LogP contribution in [0.4, 0.5) is 10.1 Å². The Balaban J connectivity index is 2.44. The van der Waals surface area contributed by atoms with Crippen LogP contribution < -0.4 is 4.74 Å². The monoisotopic (exact) mass is 277 g/mol. The van der Waals surface area contributed by atoms with Crippen molar-refractivity contribution in [3.05, 3.63) is 64.0 Å². The number of carbonyl (C=O) groups is 1. The number of aromatic carboxylic acids is 1. The summed E-state index contributed by atoms with van der Waals surface area (Å²) in [6.07, 6.45) is 0. The van der Waals surface area contributed by atoms with E-state index in [-0.39, 0.29) is 17.1 Å². The van der Waals surface area contributed by atoms with Gasteiger partial charge in [0.2, 0.25) is 5.75 Å². The van der Waals surface area contributed by atoms with Crippen molar-refractivity contribution in [2.75, 3.05) is 0 Å². The van der Waals surface area contributed by atoms with Gasteiger partial charge in [-0.25, -0.2) is 9.18 Å². The second-order valence-electron chi connectivity index (χ2n) is 3.78. The Labute approximate surface area is 112 Å². The molecule has 0 saturated heterocycles. The molecule has 7 heteroatoms. The third kappa shape index (κ3) is 2.72. The van der Waals surface area contributed by atoms with Crippen LogP contribution >= 0.6 is 0 Å². The first-order valence-electron chi connectivity index (χ1n) is 5.43. The van der Waals surface area contributed by atoms with Gasteiger partial charge in [0, 0.05) is 6.07 Å². The number of carboxylic acid groups (broad SMARTS) is 1. The van der Waals surface area contributed by atoms with Gasteiger partial charge in [0.1, 0.15) is 0 Å². The van der Waals surface area contributed by atoms with E-state index in [1.165, 1.54) is 18.2 Å². The van der Waals surface area contributed by atoms with Gasteiger partial charge in [-0.15, -0.1) is 0 Å². The number of nitrogens with zero attached hydrogens (tertiary/aromatic N) is 1. The van der Waals surface area contributed by atoms with Crippen LogP contribution in [0.25, 0.3) is 0 Å². The molecule has 0 spiro atoms. The average Bonchev–Trinajstić information content (AvgIpc) is 2.41. The van der Waals surface area contributed by atoms with Gasteiger partial charge in [-0.1, -0.05) is 12.1 Å². The fourth-order valence-corrected chi connectivity index (χ4v) is 1.53. The molecule has 20 heavy (non-hydrogen) atoms. The molecule has 0 amide bonds. The fraction of sp³-hybridized carbons (Fsp3) is 0. The van der Waals surface area contributed by atoms with Crippen molar-refractivity contribution < 1.29 is 24.0 Å². The lowest BCUT2D eigenvalue weighted by molar-refractivity contribution is -0.385. The summed E-state index contributed by atoms with van der Waals surface area (Å²) in [6, 6.07) is 8.54. The van der Waals surface area contributed by atoms with Gasteiger partial charge >= 0.3 is 11.7 Å². The van der Waals surface area contributed by atoms with Crippen molar-refractivity contribution >= 4 is 11.7 Å². The zero-order chi connectivity index (χ0) is 14.7. The van der Waals surface area contributed by atoms with Crippen molar-refractivity contribution in [3.63, 3.8) is 0 Å². The molecule has 0 radical (unpaired) electrons. The number of carboxylic acids is 1. The van der Waals surface area contributed by atoms with Gasteiger partial charge in [-0.3, -0.25) is 10.1 Å². The van der Waals surface area contributed by atoms with E-state index in [2.05, 4.69) is 0 Å². The minimum Gasteiger partial charge on any atom is -0.478 e. The van der Waals surface area contributed by atoms with E-state index in [1.54, 1.807) is 0 Å². The first-order valence-corrected chi connectivity index (χ1v) is 5.43. The Morgan fingerprint density at radius 3 is 2.50 bits per heavy atom. The Kier molecular flexibility index (Phi) is 3.60. The molecule has 0 aliphatic carbocycles. The van der Waals surface area contributed by atoms with Crippen molar-refractivity contribution in [1.29, 1.82) is 0 Å². The highest BCUT2D eigenvalue weighted by Crippen LogP contribution is 2.33. The second-order valence-corrected chi connectivity index (χ2v) is 3.78. The Morgan fingerprint density at radius 1 is 1.20 bits per heavy atom. The maximum Gasteiger partial charge on any atom is 0.335 e. The lowest BCUT2D eigenvalue weighted by Crippen LogP contribution is -2.00. The number of ether oxygens (including phenoxy) is 1. The molecule has 2 aromatic carbocycles. The smallest absolute Gasteiger partial charge is 0.335 e. The SMILES string of the molecule is O=C(O)c1ccc(Oc2ccccc2F)c([N+](=O)[O-])c1. The van der Waals surface area contributed by atoms with E-state index in [9.17, 15) is 19.3 Å². The molecule has 0 aliphatic rings. The summed E-state index contributed by atoms with van der Waals surface area (Å²) >= 11 is 0. The number of rotatable bonds is 4. The van der Waals surface area contributed by atoms with Crippen LogP contribution in [0.2, 0.25) is 0 Å². The lowest BCUT2D eigenvalue weighted by Gasteiger charge is -2.07. The number of halogens is 1. The van der Waals surface area contributed by atoms with Gasteiger partial charge in [0.05, 0.1) is 10.5 Å². The topological polar surface area (TPSA) is 89.7 Å². The van der Waals surface area contributed by atoms with Crippen LogP contribution in [0.3, 0.4) is 0 Å². The summed E-state index contributed by atoms with van der Waals surface area (Å²) < 4.78 is 18.6. The minimum absolute atomic E-state index is 0.182. The van der Waals surface area contributed by atoms with E-state index in [1.807, 2.05) is 0 Å². The maximum absolute atomic E-state index is 13.4. The van der Waals surface area contributed by atoms with Crippen molar-refractivity contribution in [3.8, 4) is 11.5 Å². The molecular weight excluding hydrogens is 269 g/mol. The van der Waals surface area contributed by atoms with Gasteiger partial charge in [-0.2, -0.15) is 0 Å². The number of nitro benzene ring substituents is 1. The molecule has 0 atom stereocenters. The average molecular weight is 277 g/mol. The number of nitro groups is 1. The molecule has 0 aliphatic heterocycles. The van der Waals surface area contributed by atoms with Crippen molar-refractivity contribution in [2.24, 2.45) is 0 Å². The van der Waals surface area contributed by atoms with Gasteiger partial charge in [0.25, 0.3) is 0 Å². The lowest BCUT2D eigenvalue weighted by atomic mass is 10.2. The molecular formula is C13H8FNO5. The summed E-state index contributed by atoms with van der Waals surface area (Å²) in [4.78, 5) is 20.9. The molecule has 1 N–H and O–H groups in total. The first-order chi connectivity index (χ1) is 9.49.